The summed E-state index contributed by atoms with van der Waals surface area (Å²) in [5, 5.41) is -0.312. The Labute approximate surface area is 93.8 Å². The average Bonchev–Trinajstić information content (AvgIpc) is 2.06. The van der Waals surface area contributed by atoms with Crippen molar-refractivity contribution in [3.8, 4) is 0 Å². The lowest BCUT2D eigenvalue weighted by Gasteiger charge is -2.06. The Morgan fingerprint density at radius 1 is 1.57 bits per heavy atom. The van der Waals surface area contributed by atoms with E-state index in [-0.39, 0.29) is 15.1 Å². The molecule has 0 spiro atoms. The maximum absolute atomic E-state index is 13.2. The Balaban J connectivity index is 3.66. The van der Waals surface area contributed by atoms with Crippen molar-refractivity contribution in [1.82, 2.24) is 0 Å². The van der Waals surface area contributed by atoms with Gasteiger partial charge in [-0.25, -0.2) is 4.39 Å². The Morgan fingerprint density at radius 2 is 2.07 bits per heavy atom. The fraction of sp³-hybridized carbons (Fsp3) is 0.143. The van der Waals surface area contributed by atoms with Crippen molar-refractivity contribution in [3.05, 3.63) is 26.9 Å². The van der Waals surface area contributed by atoms with E-state index < -0.39 is 20.8 Å². The van der Waals surface area contributed by atoms with Crippen LogP contribution in [-0.4, -0.2) is 13.0 Å². The molecule has 1 aromatic carbocycles. The topological polar surface area (TPSA) is 54.4 Å². The van der Waals surface area contributed by atoms with Crippen LogP contribution in [0.25, 0.3) is 0 Å². The Morgan fingerprint density at radius 3 is 2.50 bits per heavy atom. The van der Waals surface area contributed by atoms with Gasteiger partial charge in [-0.3, -0.25) is 4.55 Å². The Hall–Kier alpha value is -0.170. The minimum atomic E-state index is -4.42. The van der Waals surface area contributed by atoms with E-state index >= 15 is 0 Å². The lowest BCUT2D eigenvalue weighted by molar-refractivity contribution is 0.482. The van der Waals surface area contributed by atoms with E-state index in [2.05, 4.69) is 15.9 Å². The third kappa shape index (κ3) is 2.08. The molecule has 0 saturated carbocycles. The first kappa shape index (κ1) is 11.9. The highest BCUT2D eigenvalue weighted by Crippen LogP contribution is 2.31. The molecule has 0 aliphatic rings. The molecule has 7 heteroatoms. The first-order valence-electron chi connectivity index (χ1n) is 3.36. The summed E-state index contributed by atoms with van der Waals surface area (Å²) in [5.74, 6) is -0.651. The molecule has 3 nitrogen and oxygen atoms in total. The van der Waals surface area contributed by atoms with Crippen molar-refractivity contribution < 1.29 is 17.4 Å². The van der Waals surface area contributed by atoms with Gasteiger partial charge in [0.1, 0.15) is 10.7 Å². The van der Waals surface area contributed by atoms with Crippen molar-refractivity contribution in [2.45, 2.75) is 11.8 Å². The number of rotatable bonds is 1. The Kier molecular flexibility index (Phi) is 3.20. The maximum atomic E-state index is 13.2. The SMILES string of the molecule is Cc1c(F)c(Br)cc(S(=O)(=O)O)c1Cl. The summed E-state index contributed by atoms with van der Waals surface area (Å²) in [6.45, 7) is 1.32. The van der Waals surface area contributed by atoms with Gasteiger partial charge in [-0.05, 0) is 28.9 Å². The summed E-state index contributed by atoms with van der Waals surface area (Å²) in [5.41, 5.74) is -0.0336. The molecule has 78 valence electrons. The van der Waals surface area contributed by atoms with E-state index in [1.54, 1.807) is 0 Å². The molecule has 0 bridgehead atoms. The van der Waals surface area contributed by atoms with Crippen molar-refractivity contribution >= 4 is 37.6 Å². The summed E-state index contributed by atoms with van der Waals surface area (Å²) < 4.78 is 43.4. The van der Waals surface area contributed by atoms with E-state index in [9.17, 15) is 12.8 Å². The van der Waals surface area contributed by atoms with Crippen LogP contribution in [-0.2, 0) is 10.1 Å². The van der Waals surface area contributed by atoms with Gasteiger partial charge in [0.05, 0.1) is 9.50 Å². The largest absolute Gasteiger partial charge is 0.296 e. The van der Waals surface area contributed by atoms with E-state index in [1.807, 2.05) is 0 Å². The zero-order valence-corrected chi connectivity index (χ0v) is 10.0. The smallest absolute Gasteiger partial charge is 0.282 e. The first-order chi connectivity index (χ1) is 6.25. The van der Waals surface area contributed by atoms with Gasteiger partial charge in [0.2, 0.25) is 0 Å². The fourth-order valence-electron chi connectivity index (χ4n) is 0.890. The van der Waals surface area contributed by atoms with E-state index in [1.165, 1.54) is 6.92 Å². The number of halogens is 3. The van der Waals surface area contributed by atoms with Crippen LogP contribution in [0, 0.1) is 12.7 Å². The minimum absolute atomic E-state index is 0.0336. The summed E-state index contributed by atoms with van der Waals surface area (Å²) in [7, 11) is -4.42. The molecule has 14 heavy (non-hydrogen) atoms. The zero-order valence-electron chi connectivity index (χ0n) is 6.88. The third-order valence-corrected chi connectivity index (χ3v) is 3.67. The normalized spacial score (nSPS) is 11.8. The molecule has 1 aromatic rings. The first-order valence-corrected chi connectivity index (χ1v) is 5.98. The van der Waals surface area contributed by atoms with E-state index in [4.69, 9.17) is 16.2 Å². The molecule has 0 amide bonds. The molecule has 1 rings (SSSR count). The molecule has 0 aliphatic heterocycles. The molecule has 0 aromatic heterocycles. The predicted octanol–water partition coefficient (Wildman–Crippen LogP) is 2.80. The molecule has 0 fully saturated rings. The second-order valence-electron chi connectivity index (χ2n) is 2.58. The summed E-state index contributed by atoms with van der Waals surface area (Å²) in [6.07, 6.45) is 0. The van der Waals surface area contributed by atoms with Gasteiger partial charge in [0.25, 0.3) is 10.1 Å². The fourth-order valence-corrected chi connectivity index (χ4v) is 2.64. The molecular formula is C7H5BrClFO3S. The minimum Gasteiger partial charge on any atom is -0.282 e. The zero-order chi connectivity index (χ0) is 11.1. The lowest BCUT2D eigenvalue weighted by Crippen LogP contribution is -2.02. The van der Waals surface area contributed by atoms with Crippen LogP contribution in [0.5, 0.6) is 0 Å². The highest BCUT2D eigenvalue weighted by atomic mass is 79.9. The molecule has 0 unspecified atom stereocenters. The predicted molar refractivity (Wildman–Crippen MR) is 53.7 cm³/mol. The molecule has 0 atom stereocenters. The van der Waals surface area contributed by atoms with Crippen LogP contribution in [0.2, 0.25) is 5.02 Å². The van der Waals surface area contributed by atoms with Crippen LogP contribution in [0.15, 0.2) is 15.4 Å². The van der Waals surface area contributed by atoms with Gasteiger partial charge in [-0.15, -0.1) is 0 Å². The summed E-state index contributed by atoms with van der Waals surface area (Å²) in [4.78, 5) is -0.509. The van der Waals surface area contributed by atoms with Crippen LogP contribution < -0.4 is 0 Å². The molecule has 0 radical (unpaired) electrons. The van der Waals surface area contributed by atoms with Crippen molar-refractivity contribution in [2.24, 2.45) is 0 Å². The van der Waals surface area contributed by atoms with E-state index in [0.29, 0.717) is 0 Å². The molecule has 0 heterocycles. The van der Waals surface area contributed by atoms with Gasteiger partial charge < -0.3 is 0 Å². The van der Waals surface area contributed by atoms with Gasteiger partial charge in [-0.1, -0.05) is 11.6 Å². The van der Waals surface area contributed by atoms with Gasteiger partial charge >= 0.3 is 0 Å². The molecule has 0 saturated heterocycles. The molecule has 1 N–H and O–H groups in total. The van der Waals surface area contributed by atoms with E-state index in [0.717, 1.165) is 6.07 Å². The monoisotopic (exact) mass is 302 g/mol. The second-order valence-corrected chi connectivity index (χ2v) is 5.21. The van der Waals surface area contributed by atoms with Crippen LogP contribution in [0.1, 0.15) is 5.56 Å². The van der Waals surface area contributed by atoms with Crippen molar-refractivity contribution in [1.29, 1.82) is 0 Å². The van der Waals surface area contributed by atoms with Crippen LogP contribution in [0.4, 0.5) is 4.39 Å². The number of hydrogen-bond donors (Lipinski definition) is 1. The summed E-state index contributed by atoms with van der Waals surface area (Å²) in [6, 6.07) is 0.917. The number of benzene rings is 1. The average molecular weight is 304 g/mol. The van der Waals surface area contributed by atoms with Crippen molar-refractivity contribution in [2.75, 3.05) is 0 Å². The lowest BCUT2D eigenvalue weighted by atomic mass is 10.2. The number of hydrogen-bond acceptors (Lipinski definition) is 2. The third-order valence-electron chi connectivity index (χ3n) is 1.62. The van der Waals surface area contributed by atoms with Gasteiger partial charge in [-0.2, -0.15) is 8.42 Å². The quantitative estimate of drug-likeness (QED) is 0.641. The maximum Gasteiger partial charge on any atom is 0.296 e. The summed E-state index contributed by atoms with van der Waals surface area (Å²) >= 11 is 8.37. The standard InChI is InChI=1S/C7H5BrClFO3S/c1-3-6(9)5(14(11,12)13)2-4(8)7(3)10/h2H,1H3,(H,11,12,13). The highest BCUT2D eigenvalue weighted by Gasteiger charge is 2.20. The highest BCUT2D eigenvalue weighted by molar-refractivity contribution is 9.10. The van der Waals surface area contributed by atoms with Crippen LogP contribution in [0.3, 0.4) is 0 Å². The second kappa shape index (κ2) is 3.77. The van der Waals surface area contributed by atoms with Gasteiger partial charge in [0, 0.05) is 5.56 Å². The Bertz CT molecular complexity index is 486. The van der Waals surface area contributed by atoms with Crippen LogP contribution >= 0.6 is 27.5 Å². The molecular weight excluding hydrogens is 298 g/mol. The van der Waals surface area contributed by atoms with Crippen molar-refractivity contribution in [3.63, 3.8) is 0 Å². The van der Waals surface area contributed by atoms with Gasteiger partial charge in [0.15, 0.2) is 0 Å². The molecule has 0 aliphatic carbocycles.